The Balaban J connectivity index is 1.52. The number of carbonyl (C=O) groups excluding carboxylic acids is 1. The Morgan fingerprint density at radius 1 is 1.25 bits per heavy atom. The first-order valence-electron chi connectivity index (χ1n) is 7.45. The summed E-state index contributed by atoms with van der Waals surface area (Å²) >= 11 is 0. The molecule has 2 fully saturated rings. The van der Waals surface area contributed by atoms with Gasteiger partial charge in [-0.05, 0) is 68.2 Å². The van der Waals surface area contributed by atoms with Gasteiger partial charge in [-0.1, -0.05) is 6.42 Å². The molecule has 3 rings (SSSR count). The van der Waals surface area contributed by atoms with Crippen LogP contribution in [0.15, 0.2) is 24.3 Å². The van der Waals surface area contributed by atoms with Gasteiger partial charge in [0.15, 0.2) is 0 Å². The van der Waals surface area contributed by atoms with E-state index in [-0.39, 0.29) is 17.9 Å². The van der Waals surface area contributed by atoms with Gasteiger partial charge in [0.1, 0.15) is 5.82 Å². The summed E-state index contributed by atoms with van der Waals surface area (Å²) < 4.78 is 12.8. The molecule has 0 spiro atoms. The molecule has 0 aromatic heterocycles. The fourth-order valence-corrected chi connectivity index (χ4v) is 3.92. The Bertz CT molecular complexity index is 488. The zero-order chi connectivity index (χ0) is 14.1. The molecule has 2 bridgehead atoms. The van der Waals surface area contributed by atoms with Crippen molar-refractivity contribution in [1.29, 1.82) is 0 Å². The maximum absolute atomic E-state index is 12.8. The van der Waals surface area contributed by atoms with Crippen LogP contribution in [0.1, 0.15) is 32.6 Å². The zero-order valence-electron chi connectivity index (χ0n) is 11.7. The van der Waals surface area contributed by atoms with Crippen molar-refractivity contribution in [2.45, 2.75) is 38.6 Å². The van der Waals surface area contributed by atoms with Gasteiger partial charge in [-0.2, -0.15) is 0 Å². The summed E-state index contributed by atoms with van der Waals surface area (Å²) in [5, 5.41) is 5.78. The monoisotopic (exact) mass is 276 g/mol. The molecule has 4 atom stereocenters. The molecule has 4 heteroatoms. The minimum Gasteiger partial charge on any atom is -0.335 e. The summed E-state index contributed by atoms with van der Waals surface area (Å²) in [6.07, 6.45) is 5.29. The van der Waals surface area contributed by atoms with Gasteiger partial charge < -0.3 is 10.6 Å². The molecule has 1 aromatic rings. The van der Waals surface area contributed by atoms with Crippen molar-refractivity contribution in [2.75, 3.05) is 5.32 Å². The van der Waals surface area contributed by atoms with E-state index in [1.54, 1.807) is 12.1 Å². The maximum Gasteiger partial charge on any atom is 0.319 e. The second-order valence-corrected chi connectivity index (χ2v) is 6.23. The fraction of sp³-hybridized carbons (Fsp3) is 0.562. The van der Waals surface area contributed by atoms with Gasteiger partial charge >= 0.3 is 6.03 Å². The van der Waals surface area contributed by atoms with Crippen LogP contribution in [0.3, 0.4) is 0 Å². The van der Waals surface area contributed by atoms with Gasteiger partial charge in [0.25, 0.3) is 0 Å². The number of rotatable bonds is 3. The third-order valence-corrected chi connectivity index (χ3v) is 4.90. The third kappa shape index (κ3) is 2.79. The van der Waals surface area contributed by atoms with Crippen molar-refractivity contribution < 1.29 is 9.18 Å². The molecular formula is C16H21FN2O. The molecule has 108 valence electrons. The fourth-order valence-electron chi connectivity index (χ4n) is 3.92. The number of hydrogen-bond donors (Lipinski definition) is 2. The first-order chi connectivity index (χ1) is 9.61. The highest BCUT2D eigenvalue weighted by Crippen LogP contribution is 2.49. The first kappa shape index (κ1) is 13.4. The molecule has 2 N–H and O–H groups in total. The summed E-state index contributed by atoms with van der Waals surface area (Å²) in [7, 11) is 0. The average molecular weight is 276 g/mol. The van der Waals surface area contributed by atoms with Crippen LogP contribution in [0.25, 0.3) is 0 Å². The van der Waals surface area contributed by atoms with Crippen LogP contribution in [0, 0.1) is 23.6 Å². The molecule has 2 aliphatic rings. The van der Waals surface area contributed by atoms with Gasteiger partial charge in [0.2, 0.25) is 0 Å². The minimum atomic E-state index is -0.300. The van der Waals surface area contributed by atoms with E-state index < -0.39 is 0 Å². The Morgan fingerprint density at radius 3 is 2.60 bits per heavy atom. The zero-order valence-corrected chi connectivity index (χ0v) is 11.7. The van der Waals surface area contributed by atoms with Crippen LogP contribution in [-0.2, 0) is 0 Å². The van der Waals surface area contributed by atoms with Crippen molar-refractivity contribution in [3.63, 3.8) is 0 Å². The molecule has 2 aliphatic carbocycles. The highest BCUT2D eigenvalue weighted by atomic mass is 19.1. The molecule has 0 aliphatic heterocycles. The van der Waals surface area contributed by atoms with Crippen molar-refractivity contribution in [3.8, 4) is 0 Å². The molecular weight excluding hydrogens is 255 g/mol. The molecule has 20 heavy (non-hydrogen) atoms. The number of urea groups is 1. The Morgan fingerprint density at radius 2 is 2.00 bits per heavy atom. The summed E-state index contributed by atoms with van der Waals surface area (Å²) in [5.74, 6) is 1.99. The Hall–Kier alpha value is -1.58. The number of carbonyl (C=O) groups is 1. The lowest BCUT2D eigenvalue weighted by molar-refractivity contribution is 0.230. The van der Waals surface area contributed by atoms with Gasteiger partial charge in [-0.25, -0.2) is 9.18 Å². The second kappa shape index (κ2) is 5.43. The summed E-state index contributed by atoms with van der Waals surface area (Å²) in [6, 6.07) is 5.82. The minimum absolute atomic E-state index is 0.200. The predicted octanol–water partition coefficient (Wildman–Crippen LogP) is 3.77. The molecule has 2 amide bonds. The highest BCUT2D eigenvalue weighted by molar-refractivity contribution is 5.89. The quantitative estimate of drug-likeness (QED) is 0.867. The van der Waals surface area contributed by atoms with Crippen LogP contribution in [0.4, 0.5) is 14.9 Å². The van der Waals surface area contributed by atoms with Gasteiger partial charge in [0, 0.05) is 11.7 Å². The van der Waals surface area contributed by atoms with E-state index in [2.05, 4.69) is 17.6 Å². The first-order valence-corrected chi connectivity index (χ1v) is 7.45. The molecule has 0 radical (unpaired) electrons. The van der Waals surface area contributed by atoms with E-state index in [4.69, 9.17) is 0 Å². The smallest absolute Gasteiger partial charge is 0.319 e. The van der Waals surface area contributed by atoms with E-state index >= 15 is 0 Å². The van der Waals surface area contributed by atoms with Crippen molar-refractivity contribution >= 4 is 11.7 Å². The van der Waals surface area contributed by atoms with Crippen molar-refractivity contribution in [2.24, 2.45) is 17.8 Å². The van der Waals surface area contributed by atoms with Gasteiger partial charge in [0.05, 0.1) is 0 Å². The Kier molecular flexibility index (Phi) is 3.64. The molecule has 0 heterocycles. The number of amides is 2. The van der Waals surface area contributed by atoms with Crippen molar-refractivity contribution in [1.82, 2.24) is 5.32 Å². The van der Waals surface area contributed by atoms with Crippen LogP contribution < -0.4 is 10.6 Å². The van der Waals surface area contributed by atoms with E-state index in [0.717, 1.165) is 11.8 Å². The number of hydrogen-bond acceptors (Lipinski definition) is 1. The highest BCUT2D eigenvalue weighted by Gasteiger charge is 2.42. The normalized spacial score (nSPS) is 29.2. The molecule has 2 saturated carbocycles. The van der Waals surface area contributed by atoms with Crippen LogP contribution >= 0.6 is 0 Å². The van der Waals surface area contributed by atoms with Crippen LogP contribution in [0.5, 0.6) is 0 Å². The Labute approximate surface area is 118 Å². The summed E-state index contributed by atoms with van der Waals surface area (Å²) in [5.41, 5.74) is 0.615. The molecule has 3 nitrogen and oxygen atoms in total. The van der Waals surface area contributed by atoms with E-state index in [1.165, 1.54) is 37.8 Å². The molecule has 0 unspecified atom stereocenters. The molecule has 0 saturated heterocycles. The number of anilines is 1. The van der Waals surface area contributed by atoms with Gasteiger partial charge in [-0.3, -0.25) is 0 Å². The number of fused-ring (bicyclic) bond motifs is 2. The lowest BCUT2D eigenvalue weighted by Crippen LogP contribution is -2.42. The molecule has 1 aromatic carbocycles. The van der Waals surface area contributed by atoms with Gasteiger partial charge in [-0.15, -0.1) is 0 Å². The summed E-state index contributed by atoms with van der Waals surface area (Å²) in [4.78, 5) is 12.0. The van der Waals surface area contributed by atoms with Crippen molar-refractivity contribution in [3.05, 3.63) is 30.1 Å². The third-order valence-electron chi connectivity index (χ3n) is 4.90. The van der Waals surface area contributed by atoms with E-state index in [9.17, 15) is 9.18 Å². The van der Waals surface area contributed by atoms with Crippen LogP contribution in [0.2, 0.25) is 0 Å². The topological polar surface area (TPSA) is 41.1 Å². The predicted molar refractivity (Wildman–Crippen MR) is 77.0 cm³/mol. The number of benzene rings is 1. The average Bonchev–Trinajstić information content (AvgIpc) is 3.03. The standard InChI is InChI=1S/C16H21FN2O/c1-10(15-9-11-2-3-12(15)8-11)18-16(20)19-14-6-4-13(17)5-7-14/h4-7,10-12,15H,2-3,8-9H2,1H3,(H2,18,19,20)/t10-,11-,12-,15+/m0/s1. The summed E-state index contributed by atoms with van der Waals surface area (Å²) in [6.45, 7) is 2.09. The van der Waals surface area contributed by atoms with Crippen LogP contribution in [-0.4, -0.2) is 12.1 Å². The number of halogens is 1. The maximum atomic E-state index is 12.8. The SMILES string of the molecule is C[C@H](NC(=O)Nc1ccc(F)cc1)[C@H]1C[C@H]2CC[C@H]1C2. The number of nitrogens with one attached hydrogen (secondary N) is 2. The second-order valence-electron chi connectivity index (χ2n) is 6.23. The largest absolute Gasteiger partial charge is 0.335 e. The lowest BCUT2D eigenvalue weighted by atomic mass is 9.84. The van der Waals surface area contributed by atoms with E-state index in [1.807, 2.05) is 0 Å². The van der Waals surface area contributed by atoms with E-state index in [0.29, 0.717) is 11.6 Å². The lowest BCUT2D eigenvalue weighted by Gasteiger charge is -2.28.